The number of nitrogens with one attached hydrogen (secondary N) is 3. The monoisotopic (exact) mass is 450 g/mol. The highest BCUT2D eigenvalue weighted by Gasteiger charge is 2.32. The zero-order chi connectivity index (χ0) is 22.7. The predicted molar refractivity (Wildman–Crippen MR) is 118 cm³/mol. The minimum atomic E-state index is -1.15. The van der Waals surface area contributed by atoms with E-state index in [1.54, 1.807) is 39.5 Å². The Morgan fingerprint density at radius 3 is 1.86 bits per heavy atom. The lowest BCUT2D eigenvalue weighted by molar-refractivity contribution is -0.143. The number of aliphatic carboxylic acids is 1. The summed E-state index contributed by atoms with van der Waals surface area (Å²) >= 11 is 5.67. The van der Waals surface area contributed by atoms with E-state index in [-0.39, 0.29) is 17.6 Å². The van der Waals surface area contributed by atoms with Crippen LogP contribution in [0.4, 0.5) is 0 Å². The Labute approximate surface area is 182 Å². The van der Waals surface area contributed by atoms with Gasteiger partial charge in [-0.1, -0.05) is 27.7 Å². The third-order valence-electron chi connectivity index (χ3n) is 4.26. The van der Waals surface area contributed by atoms with Gasteiger partial charge in [0.2, 0.25) is 17.7 Å². The van der Waals surface area contributed by atoms with E-state index in [0.29, 0.717) is 12.2 Å². The molecule has 11 heteroatoms. The summed E-state index contributed by atoms with van der Waals surface area (Å²) < 4.78 is 0. The molecule has 0 aliphatic rings. The highest BCUT2D eigenvalue weighted by Crippen LogP contribution is 2.07. The number of hydrogen-bond acceptors (Lipinski definition) is 7. The number of thiol groups is 1. The Balaban J connectivity index is 5.11. The van der Waals surface area contributed by atoms with Crippen LogP contribution < -0.4 is 21.7 Å². The minimum absolute atomic E-state index is 0.0169. The molecule has 0 spiro atoms. The summed E-state index contributed by atoms with van der Waals surface area (Å²) in [6.45, 7) is 6.80. The lowest BCUT2D eigenvalue weighted by Gasteiger charge is -2.27. The molecular formula is C18H34N4O5S2. The van der Waals surface area contributed by atoms with Crippen LogP contribution in [0.15, 0.2) is 0 Å². The molecule has 3 amide bonds. The van der Waals surface area contributed by atoms with Gasteiger partial charge < -0.3 is 26.8 Å². The van der Waals surface area contributed by atoms with E-state index in [1.807, 2.05) is 6.26 Å². The number of thioether (sulfide) groups is 1. The summed E-state index contributed by atoms with van der Waals surface area (Å²) in [5.41, 5.74) is 5.81. The average Bonchev–Trinajstić information content (AvgIpc) is 2.64. The van der Waals surface area contributed by atoms with Crippen LogP contribution in [0.1, 0.15) is 34.1 Å². The predicted octanol–water partition coefficient (Wildman–Crippen LogP) is -0.152. The van der Waals surface area contributed by atoms with E-state index in [9.17, 15) is 24.3 Å². The van der Waals surface area contributed by atoms with E-state index < -0.39 is 47.9 Å². The molecule has 168 valence electrons. The normalized spacial score (nSPS) is 15.3. The molecule has 0 heterocycles. The van der Waals surface area contributed by atoms with Gasteiger partial charge in [-0.05, 0) is 30.3 Å². The second-order valence-corrected chi connectivity index (χ2v) is 8.78. The van der Waals surface area contributed by atoms with Crippen LogP contribution in [0.2, 0.25) is 0 Å². The van der Waals surface area contributed by atoms with E-state index in [4.69, 9.17) is 5.73 Å². The highest BCUT2D eigenvalue weighted by molar-refractivity contribution is 7.98. The third kappa shape index (κ3) is 9.72. The fraction of sp³-hybridized carbons (Fsp3) is 0.778. The first-order chi connectivity index (χ1) is 13.5. The molecule has 9 nitrogen and oxygen atoms in total. The maximum Gasteiger partial charge on any atom is 0.326 e. The summed E-state index contributed by atoms with van der Waals surface area (Å²) in [7, 11) is 0. The first-order valence-corrected chi connectivity index (χ1v) is 11.5. The standard InChI is InChI=1S/C18H34N4O5S2/c1-9(2)13(17(25)22-14(10(3)4)18(26)27)21-16(24)12(8-28)20-15(23)11(19)6-7-29-5/h9-14,28H,6-8,19H2,1-5H3,(H,20,23)(H,21,24)(H,22,25)(H,26,27). The molecule has 0 radical (unpaired) electrons. The molecule has 6 N–H and O–H groups in total. The minimum Gasteiger partial charge on any atom is -0.480 e. The number of carbonyl (C=O) groups is 4. The van der Waals surface area contributed by atoms with Crippen molar-refractivity contribution >= 4 is 48.1 Å². The number of rotatable bonds is 13. The highest BCUT2D eigenvalue weighted by atomic mass is 32.2. The van der Waals surface area contributed by atoms with E-state index in [0.717, 1.165) is 0 Å². The summed E-state index contributed by atoms with van der Waals surface area (Å²) in [5.74, 6) is -2.71. The van der Waals surface area contributed by atoms with Crippen molar-refractivity contribution in [1.82, 2.24) is 16.0 Å². The van der Waals surface area contributed by atoms with Crippen molar-refractivity contribution in [3.05, 3.63) is 0 Å². The topological polar surface area (TPSA) is 151 Å². The van der Waals surface area contributed by atoms with Crippen molar-refractivity contribution < 1.29 is 24.3 Å². The van der Waals surface area contributed by atoms with Crippen LogP contribution in [0.5, 0.6) is 0 Å². The third-order valence-corrected chi connectivity index (χ3v) is 5.27. The molecule has 0 saturated carbocycles. The van der Waals surface area contributed by atoms with Crippen molar-refractivity contribution in [2.45, 2.75) is 58.3 Å². The quantitative estimate of drug-likeness (QED) is 0.214. The summed E-state index contributed by atoms with van der Waals surface area (Å²) in [6.07, 6.45) is 2.37. The van der Waals surface area contributed by atoms with Crippen molar-refractivity contribution in [2.75, 3.05) is 17.8 Å². The molecule has 0 rings (SSSR count). The number of hydrogen-bond donors (Lipinski definition) is 6. The first kappa shape index (κ1) is 27.5. The molecule has 0 aromatic carbocycles. The number of carboxylic acids is 1. The second kappa shape index (κ2) is 13.7. The van der Waals surface area contributed by atoms with Crippen molar-refractivity contribution in [1.29, 1.82) is 0 Å². The van der Waals surface area contributed by atoms with Crippen molar-refractivity contribution in [3.63, 3.8) is 0 Å². The van der Waals surface area contributed by atoms with Gasteiger partial charge in [0.15, 0.2) is 0 Å². The Morgan fingerprint density at radius 1 is 0.931 bits per heavy atom. The van der Waals surface area contributed by atoms with Crippen molar-refractivity contribution in [2.24, 2.45) is 17.6 Å². The maximum atomic E-state index is 12.6. The Hall–Kier alpha value is -1.46. The number of amides is 3. The molecule has 0 aromatic heterocycles. The summed E-state index contributed by atoms with van der Waals surface area (Å²) in [6, 6.07) is -3.76. The van der Waals surface area contributed by atoms with Gasteiger partial charge in [0.1, 0.15) is 18.1 Å². The zero-order valence-corrected chi connectivity index (χ0v) is 19.3. The van der Waals surface area contributed by atoms with Crippen molar-refractivity contribution in [3.8, 4) is 0 Å². The van der Waals surface area contributed by atoms with E-state index in [1.165, 1.54) is 0 Å². The Kier molecular flexibility index (Phi) is 13.0. The van der Waals surface area contributed by atoms with E-state index in [2.05, 4.69) is 28.6 Å². The molecule has 4 atom stereocenters. The smallest absolute Gasteiger partial charge is 0.326 e. The van der Waals surface area contributed by atoms with Gasteiger partial charge >= 0.3 is 5.97 Å². The maximum absolute atomic E-state index is 12.6. The van der Waals surface area contributed by atoms with Crippen LogP contribution in [0, 0.1) is 11.8 Å². The fourth-order valence-electron chi connectivity index (χ4n) is 2.39. The van der Waals surface area contributed by atoms with Gasteiger partial charge in [-0.25, -0.2) is 4.79 Å². The molecular weight excluding hydrogens is 416 g/mol. The summed E-state index contributed by atoms with van der Waals surface area (Å²) in [5, 5.41) is 16.9. The molecule has 0 aromatic rings. The van der Waals surface area contributed by atoms with Gasteiger partial charge in [-0.15, -0.1) is 0 Å². The van der Waals surface area contributed by atoms with Crippen LogP contribution in [0.3, 0.4) is 0 Å². The summed E-state index contributed by atoms with van der Waals surface area (Å²) in [4.78, 5) is 48.7. The van der Waals surface area contributed by atoms with E-state index >= 15 is 0 Å². The van der Waals surface area contributed by atoms with Gasteiger partial charge in [-0.3, -0.25) is 14.4 Å². The molecule has 0 aliphatic carbocycles. The van der Waals surface area contributed by atoms with Crippen LogP contribution in [-0.4, -0.2) is 70.7 Å². The average molecular weight is 451 g/mol. The van der Waals surface area contributed by atoms with Crippen LogP contribution in [0.25, 0.3) is 0 Å². The van der Waals surface area contributed by atoms with Crippen LogP contribution >= 0.6 is 24.4 Å². The molecule has 0 aliphatic heterocycles. The number of carboxylic acid groups (broad SMARTS) is 1. The SMILES string of the molecule is CSCCC(N)C(=O)NC(CS)C(=O)NC(C(=O)NC(C(=O)O)C(C)C)C(C)C. The number of carbonyl (C=O) groups excluding carboxylic acids is 3. The molecule has 0 bridgehead atoms. The van der Waals surface area contributed by atoms with Gasteiger partial charge in [0.05, 0.1) is 6.04 Å². The molecule has 4 unspecified atom stereocenters. The largest absolute Gasteiger partial charge is 0.480 e. The lowest BCUT2D eigenvalue weighted by Crippen LogP contribution is -2.59. The van der Waals surface area contributed by atoms with Gasteiger partial charge in [0.25, 0.3) is 0 Å². The molecule has 0 saturated heterocycles. The lowest BCUT2D eigenvalue weighted by atomic mass is 10.00. The van der Waals surface area contributed by atoms with Gasteiger partial charge in [0, 0.05) is 5.75 Å². The Bertz CT molecular complexity index is 574. The fourth-order valence-corrected chi connectivity index (χ4v) is 3.14. The van der Waals surface area contributed by atoms with Gasteiger partial charge in [-0.2, -0.15) is 24.4 Å². The molecule has 0 fully saturated rings. The second-order valence-electron chi connectivity index (χ2n) is 7.43. The molecule has 29 heavy (non-hydrogen) atoms. The Morgan fingerprint density at radius 2 is 1.45 bits per heavy atom. The zero-order valence-electron chi connectivity index (χ0n) is 17.6. The van der Waals surface area contributed by atoms with Crippen LogP contribution in [-0.2, 0) is 19.2 Å². The number of nitrogens with two attached hydrogens (primary N) is 1. The first-order valence-electron chi connectivity index (χ1n) is 9.45.